The first-order valence-corrected chi connectivity index (χ1v) is 5.33. The predicted molar refractivity (Wildman–Crippen MR) is 59.6 cm³/mol. The van der Waals surface area contributed by atoms with E-state index in [4.69, 9.17) is 9.84 Å². The second kappa shape index (κ2) is 5.65. The molecule has 90 valence electrons. The molecule has 5 heteroatoms. The lowest BCUT2D eigenvalue weighted by atomic mass is 10.1. The first-order chi connectivity index (χ1) is 7.54. The smallest absolute Gasteiger partial charge is 0.354 e. The molecule has 5 nitrogen and oxygen atoms in total. The molecule has 1 aromatic heterocycles. The Balaban J connectivity index is 2.86. The Kier molecular flexibility index (Phi) is 4.49. The van der Waals surface area contributed by atoms with E-state index in [2.05, 4.69) is 18.9 Å². The first-order valence-electron chi connectivity index (χ1n) is 5.33. The number of carboxylic acids is 1. The predicted octanol–water partition coefficient (Wildman–Crippen LogP) is 1.43. The van der Waals surface area contributed by atoms with E-state index in [1.165, 1.54) is 4.68 Å². The van der Waals surface area contributed by atoms with Gasteiger partial charge in [0.25, 0.3) is 0 Å². The molecule has 16 heavy (non-hydrogen) atoms. The van der Waals surface area contributed by atoms with Crippen LogP contribution >= 0.6 is 0 Å². The van der Waals surface area contributed by atoms with Gasteiger partial charge in [-0.25, -0.2) is 4.79 Å². The molecule has 0 atom stereocenters. The van der Waals surface area contributed by atoms with E-state index in [-0.39, 0.29) is 5.69 Å². The Morgan fingerprint density at radius 2 is 2.31 bits per heavy atom. The van der Waals surface area contributed by atoms with Crippen LogP contribution in [0, 0.1) is 5.92 Å². The molecule has 0 bridgehead atoms. The molecule has 0 radical (unpaired) electrons. The lowest BCUT2D eigenvalue weighted by Crippen LogP contribution is -2.13. The van der Waals surface area contributed by atoms with Crippen molar-refractivity contribution in [2.24, 2.45) is 5.92 Å². The van der Waals surface area contributed by atoms with Crippen molar-refractivity contribution in [3.05, 3.63) is 17.5 Å². The van der Waals surface area contributed by atoms with Gasteiger partial charge in [-0.1, -0.05) is 13.8 Å². The molecule has 0 amide bonds. The van der Waals surface area contributed by atoms with Gasteiger partial charge in [0.1, 0.15) is 5.69 Å². The van der Waals surface area contributed by atoms with Crippen LogP contribution in [-0.2, 0) is 17.7 Å². The Morgan fingerprint density at radius 3 is 2.81 bits per heavy atom. The van der Waals surface area contributed by atoms with Crippen LogP contribution in [0.2, 0.25) is 0 Å². The normalized spacial score (nSPS) is 11.0. The number of methoxy groups -OCH3 is 1. The largest absolute Gasteiger partial charge is 0.477 e. The number of nitrogens with zero attached hydrogens (tertiary/aromatic N) is 2. The first kappa shape index (κ1) is 12.7. The minimum absolute atomic E-state index is 0.229. The fourth-order valence-corrected chi connectivity index (χ4v) is 1.51. The third-order valence-corrected chi connectivity index (χ3v) is 2.17. The van der Waals surface area contributed by atoms with Crippen LogP contribution in [0.25, 0.3) is 0 Å². The fraction of sp³-hybridized carbons (Fsp3) is 0.636. The molecule has 1 heterocycles. The standard InChI is InChI=1S/C11H18N2O3/c1-8(2)6-9-7-10(11(14)15)13(12-9)4-5-16-3/h7-8H,4-6H2,1-3H3,(H,14,15). The summed E-state index contributed by atoms with van der Waals surface area (Å²) >= 11 is 0. The Hall–Kier alpha value is -1.36. The summed E-state index contributed by atoms with van der Waals surface area (Å²) in [7, 11) is 1.58. The maximum atomic E-state index is 11.0. The van der Waals surface area contributed by atoms with Crippen molar-refractivity contribution < 1.29 is 14.6 Å². The zero-order valence-corrected chi connectivity index (χ0v) is 9.93. The molecular formula is C11H18N2O3. The van der Waals surface area contributed by atoms with E-state index in [1.54, 1.807) is 13.2 Å². The molecular weight excluding hydrogens is 208 g/mol. The van der Waals surface area contributed by atoms with Crippen LogP contribution in [0.1, 0.15) is 30.0 Å². The number of rotatable bonds is 6. The average Bonchev–Trinajstić information content (AvgIpc) is 2.57. The summed E-state index contributed by atoms with van der Waals surface area (Å²) in [5, 5.41) is 13.3. The van der Waals surface area contributed by atoms with E-state index in [1.807, 2.05) is 0 Å². The third kappa shape index (κ3) is 3.34. The summed E-state index contributed by atoms with van der Waals surface area (Å²) in [6, 6.07) is 1.64. The minimum atomic E-state index is -0.946. The summed E-state index contributed by atoms with van der Waals surface area (Å²) in [5.41, 5.74) is 1.05. The van der Waals surface area contributed by atoms with Crippen LogP contribution < -0.4 is 0 Å². The van der Waals surface area contributed by atoms with Gasteiger partial charge in [-0.05, 0) is 18.4 Å². The van der Waals surface area contributed by atoms with Crippen LogP contribution in [-0.4, -0.2) is 34.6 Å². The number of hydrogen-bond donors (Lipinski definition) is 1. The van der Waals surface area contributed by atoms with Gasteiger partial charge in [-0.15, -0.1) is 0 Å². The van der Waals surface area contributed by atoms with Gasteiger partial charge in [0.15, 0.2) is 0 Å². The topological polar surface area (TPSA) is 64.4 Å². The Labute approximate surface area is 95.0 Å². The molecule has 0 unspecified atom stereocenters. The summed E-state index contributed by atoms with van der Waals surface area (Å²) in [4.78, 5) is 11.0. The lowest BCUT2D eigenvalue weighted by molar-refractivity contribution is 0.0680. The van der Waals surface area contributed by atoms with Gasteiger partial charge in [0, 0.05) is 7.11 Å². The molecule has 0 aliphatic rings. The van der Waals surface area contributed by atoms with Crippen LogP contribution in [0.15, 0.2) is 6.07 Å². The molecule has 1 N–H and O–H groups in total. The molecule has 0 aromatic carbocycles. The molecule has 1 aromatic rings. The van der Waals surface area contributed by atoms with E-state index >= 15 is 0 Å². The van der Waals surface area contributed by atoms with E-state index in [0.29, 0.717) is 19.1 Å². The van der Waals surface area contributed by atoms with Gasteiger partial charge in [0.2, 0.25) is 0 Å². The fourth-order valence-electron chi connectivity index (χ4n) is 1.51. The molecule has 0 aliphatic carbocycles. The summed E-state index contributed by atoms with van der Waals surface area (Å²) in [5.74, 6) is -0.481. The monoisotopic (exact) mass is 226 g/mol. The highest BCUT2D eigenvalue weighted by Gasteiger charge is 2.14. The zero-order valence-electron chi connectivity index (χ0n) is 9.93. The van der Waals surface area contributed by atoms with Crippen molar-refractivity contribution in [3.63, 3.8) is 0 Å². The van der Waals surface area contributed by atoms with Crippen molar-refractivity contribution in [1.29, 1.82) is 0 Å². The summed E-state index contributed by atoms with van der Waals surface area (Å²) < 4.78 is 6.41. The second-order valence-corrected chi connectivity index (χ2v) is 4.14. The lowest BCUT2D eigenvalue weighted by Gasteiger charge is -2.03. The Morgan fingerprint density at radius 1 is 1.62 bits per heavy atom. The quantitative estimate of drug-likeness (QED) is 0.796. The number of aromatic carboxylic acids is 1. The molecule has 1 rings (SSSR count). The molecule has 0 aliphatic heterocycles. The van der Waals surface area contributed by atoms with Gasteiger partial charge in [0.05, 0.1) is 18.8 Å². The molecule has 0 spiro atoms. The van der Waals surface area contributed by atoms with E-state index in [0.717, 1.165) is 12.1 Å². The average molecular weight is 226 g/mol. The maximum absolute atomic E-state index is 11.0. The zero-order chi connectivity index (χ0) is 12.1. The van der Waals surface area contributed by atoms with E-state index < -0.39 is 5.97 Å². The molecule has 0 saturated carbocycles. The highest BCUT2D eigenvalue weighted by Crippen LogP contribution is 2.10. The minimum Gasteiger partial charge on any atom is -0.477 e. The van der Waals surface area contributed by atoms with Gasteiger partial charge in [-0.2, -0.15) is 5.10 Å². The number of aromatic nitrogens is 2. The number of ether oxygens (including phenoxy) is 1. The van der Waals surface area contributed by atoms with Crippen molar-refractivity contribution >= 4 is 5.97 Å². The van der Waals surface area contributed by atoms with Crippen molar-refractivity contribution in [2.45, 2.75) is 26.8 Å². The second-order valence-electron chi connectivity index (χ2n) is 4.14. The van der Waals surface area contributed by atoms with Gasteiger partial charge >= 0.3 is 5.97 Å². The van der Waals surface area contributed by atoms with Gasteiger partial charge < -0.3 is 9.84 Å². The highest BCUT2D eigenvalue weighted by atomic mass is 16.5. The third-order valence-electron chi connectivity index (χ3n) is 2.17. The molecule has 0 fully saturated rings. The van der Waals surface area contributed by atoms with Crippen molar-refractivity contribution in [2.75, 3.05) is 13.7 Å². The van der Waals surface area contributed by atoms with Crippen LogP contribution in [0.4, 0.5) is 0 Å². The highest BCUT2D eigenvalue weighted by molar-refractivity contribution is 5.85. The summed E-state index contributed by atoms with van der Waals surface area (Å²) in [6.07, 6.45) is 0.792. The van der Waals surface area contributed by atoms with Crippen LogP contribution in [0.3, 0.4) is 0 Å². The van der Waals surface area contributed by atoms with E-state index in [9.17, 15) is 4.79 Å². The van der Waals surface area contributed by atoms with Gasteiger partial charge in [-0.3, -0.25) is 4.68 Å². The van der Waals surface area contributed by atoms with Crippen LogP contribution in [0.5, 0.6) is 0 Å². The number of carboxylic acid groups (broad SMARTS) is 1. The Bertz CT molecular complexity index is 358. The molecule has 0 saturated heterocycles. The van der Waals surface area contributed by atoms with Crippen molar-refractivity contribution in [1.82, 2.24) is 9.78 Å². The summed E-state index contributed by atoms with van der Waals surface area (Å²) in [6.45, 7) is 5.09. The SMILES string of the molecule is COCCn1nc(CC(C)C)cc1C(=O)O. The van der Waals surface area contributed by atoms with Crippen molar-refractivity contribution in [3.8, 4) is 0 Å². The number of hydrogen-bond acceptors (Lipinski definition) is 3. The maximum Gasteiger partial charge on any atom is 0.354 e. The number of carbonyl (C=O) groups is 1.